The summed E-state index contributed by atoms with van der Waals surface area (Å²) in [6.45, 7) is 20.7. The second-order valence-corrected chi connectivity index (χ2v) is 9.12. The predicted octanol–water partition coefficient (Wildman–Crippen LogP) is 11.0. The molecule has 0 radical (unpaired) electrons. The Morgan fingerprint density at radius 1 is 0.778 bits per heavy atom. The largest absolute Gasteiger partial charge is 0.504 e. The Bertz CT molecular complexity index is 1010. The average molecular weight is 654 g/mol. The van der Waals surface area contributed by atoms with E-state index in [2.05, 4.69) is 140 Å². The number of allylic oxidation sites excluding steroid dienone is 2. The van der Waals surface area contributed by atoms with Crippen molar-refractivity contribution in [1.29, 1.82) is 0 Å². The van der Waals surface area contributed by atoms with Crippen LogP contribution in [0.15, 0.2) is 84.9 Å². The molecule has 0 aromatic heterocycles. The molecule has 196 valence electrons. The van der Waals surface area contributed by atoms with Crippen LogP contribution >= 0.6 is 0 Å². The molecule has 3 aromatic rings. The van der Waals surface area contributed by atoms with E-state index in [0.717, 1.165) is 6.42 Å². The zero-order valence-electron chi connectivity index (χ0n) is 23.2. The van der Waals surface area contributed by atoms with Crippen LogP contribution in [0.25, 0.3) is 6.08 Å². The zero-order valence-corrected chi connectivity index (χ0v) is 26.1. The maximum Gasteiger partial charge on any atom is 0.00289 e. The van der Waals surface area contributed by atoms with Crippen LogP contribution < -0.4 is 0 Å². The van der Waals surface area contributed by atoms with E-state index in [1.807, 2.05) is 6.92 Å². The van der Waals surface area contributed by atoms with Gasteiger partial charge in [-0.25, -0.2) is 0 Å². The van der Waals surface area contributed by atoms with E-state index in [-0.39, 0.29) is 28.5 Å². The van der Waals surface area contributed by atoms with E-state index in [0.29, 0.717) is 11.8 Å². The third-order valence-corrected chi connectivity index (χ3v) is 6.25. The number of aryl methyl sites for hydroxylation is 3. The Balaban J connectivity index is 0. The standard InChI is InChI=1S/C12H14.C10H14.C8H10.C4H7.CH4.W/c1-3-10-8-11-6-4-5-7-12(11)9(10)2;1-8(2)10-7-5-4-6-9(10)3;1-7-5-3-4-6-8(7)2;1-3-4-2;;/h4-9H,3H2,1-2H3;4-8H,1-3H3;3-6H,1-2H3;1,4H2,2H3;1H4;/q;;;-1;;. The number of hydrogen-bond acceptors (Lipinski definition) is 0. The molecule has 3 aromatic carbocycles. The maximum absolute atomic E-state index is 3.35. The van der Waals surface area contributed by atoms with Crippen LogP contribution in [-0.2, 0) is 21.1 Å². The van der Waals surface area contributed by atoms with Gasteiger partial charge in [0.1, 0.15) is 0 Å². The molecule has 1 atom stereocenters. The molecule has 0 saturated heterocycles. The van der Waals surface area contributed by atoms with Gasteiger partial charge in [0, 0.05) is 27.0 Å². The van der Waals surface area contributed by atoms with Gasteiger partial charge in [0.25, 0.3) is 0 Å². The van der Waals surface area contributed by atoms with Crippen molar-refractivity contribution in [1.82, 2.24) is 0 Å². The molecule has 0 N–H and O–H groups in total. The van der Waals surface area contributed by atoms with E-state index >= 15 is 0 Å². The number of benzene rings is 3. The van der Waals surface area contributed by atoms with Crippen molar-refractivity contribution in [3.8, 4) is 0 Å². The summed E-state index contributed by atoms with van der Waals surface area (Å²) in [6.07, 6.45) is 7.15. The molecule has 0 amide bonds. The summed E-state index contributed by atoms with van der Waals surface area (Å²) in [4.78, 5) is 0. The predicted molar refractivity (Wildman–Crippen MR) is 160 cm³/mol. The Labute approximate surface area is 238 Å². The minimum Gasteiger partial charge on any atom is -0.504 e. The van der Waals surface area contributed by atoms with E-state index < -0.39 is 0 Å². The van der Waals surface area contributed by atoms with Gasteiger partial charge in [0.15, 0.2) is 0 Å². The first-order chi connectivity index (χ1) is 16.3. The molecule has 0 heterocycles. The summed E-state index contributed by atoms with van der Waals surface area (Å²) in [7, 11) is 0. The molecule has 0 fully saturated rings. The van der Waals surface area contributed by atoms with Gasteiger partial charge in [-0.3, -0.25) is 6.58 Å². The van der Waals surface area contributed by atoms with Crippen LogP contribution in [0.1, 0.15) is 100 Å². The molecule has 0 spiro atoms. The fourth-order valence-corrected chi connectivity index (χ4v) is 3.87. The SMILES string of the molecule is C.C=[C-]CC.CCC1=Cc2ccccc2C1C.Cc1ccccc1C.Cc1ccccc1C(C)C.[W]. The first-order valence-corrected chi connectivity index (χ1v) is 12.6. The van der Waals surface area contributed by atoms with Gasteiger partial charge >= 0.3 is 0 Å². The molecule has 0 nitrogen and oxygen atoms in total. The van der Waals surface area contributed by atoms with Gasteiger partial charge < -0.3 is 6.08 Å². The van der Waals surface area contributed by atoms with Crippen molar-refractivity contribution in [2.75, 3.05) is 0 Å². The smallest absolute Gasteiger partial charge is 0.00289 e. The van der Waals surface area contributed by atoms with Crippen LogP contribution in [0.5, 0.6) is 0 Å². The molecular weight excluding hydrogens is 604 g/mol. The van der Waals surface area contributed by atoms with Crippen LogP contribution in [0.3, 0.4) is 0 Å². The molecule has 0 aliphatic heterocycles. The molecule has 36 heavy (non-hydrogen) atoms. The van der Waals surface area contributed by atoms with Crippen molar-refractivity contribution in [2.45, 2.75) is 87.5 Å². The van der Waals surface area contributed by atoms with E-state index in [1.165, 1.54) is 39.8 Å². The normalized spacial score (nSPS) is 12.5. The van der Waals surface area contributed by atoms with E-state index in [4.69, 9.17) is 0 Å². The van der Waals surface area contributed by atoms with Gasteiger partial charge in [-0.05, 0) is 66.5 Å². The van der Waals surface area contributed by atoms with Gasteiger partial charge in [0.05, 0.1) is 0 Å². The first-order valence-electron chi connectivity index (χ1n) is 12.6. The maximum atomic E-state index is 3.35. The number of rotatable bonds is 3. The second kappa shape index (κ2) is 20.0. The molecule has 1 aliphatic rings. The first kappa shape index (κ1) is 36.0. The minimum absolute atomic E-state index is 0. The minimum atomic E-state index is 0. The average Bonchev–Trinajstić information content (AvgIpc) is 3.18. The van der Waals surface area contributed by atoms with Gasteiger partial charge in [-0.1, -0.05) is 126 Å². The fourth-order valence-electron chi connectivity index (χ4n) is 3.87. The van der Waals surface area contributed by atoms with Crippen molar-refractivity contribution in [2.24, 2.45) is 0 Å². The molecule has 4 rings (SSSR count). The summed E-state index contributed by atoms with van der Waals surface area (Å²) >= 11 is 0. The monoisotopic (exact) mass is 653 g/mol. The Hall–Kier alpha value is -2.17. The van der Waals surface area contributed by atoms with Crippen molar-refractivity contribution >= 4 is 6.08 Å². The summed E-state index contributed by atoms with van der Waals surface area (Å²) in [5.74, 6) is 1.30. The summed E-state index contributed by atoms with van der Waals surface area (Å²) in [5.41, 5.74) is 10.1. The molecule has 1 heteroatoms. The van der Waals surface area contributed by atoms with Crippen LogP contribution in [0, 0.1) is 26.8 Å². The summed E-state index contributed by atoms with van der Waals surface area (Å²) < 4.78 is 0. The van der Waals surface area contributed by atoms with Gasteiger partial charge in [-0.2, -0.15) is 6.42 Å². The summed E-state index contributed by atoms with van der Waals surface area (Å²) in [5, 5.41) is 0. The van der Waals surface area contributed by atoms with Crippen LogP contribution in [0.4, 0.5) is 0 Å². The molecule has 0 bridgehead atoms. The van der Waals surface area contributed by atoms with Gasteiger partial charge in [0.2, 0.25) is 0 Å². The molecule has 1 aliphatic carbocycles. The quantitative estimate of drug-likeness (QED) is 0.247. The van der Waals surface area contributed by atoms with Crippen LogP contribution in [-0.4, -0.2) is 0 Å². The Morgan fingerprint density at radius 3 is 1.58 bits per heavy atom. The van der Waals surface area contributed by atoms with Crippen LogP contribution in [0.2, 0.25) is 0 Å². The molecule has 0 saturated carbocycles. The topological polar surface area (TPSA) is 0 Å². The Morgan fingerprint density at radius 2 is 1.22 bits per heavy atom. The van der Waals surface area contributed by atoms with Crippen molar-refractivity contribution < 1.29 is 21.1 Å². The molecular formula is C35H49W-. The Kier molecular flexibility index (Phi) is 19.9. The van der Waals surface area contributed by atoms with E-state index in [1.54, 1.807) is 5.57 Å². The van der Waals surface area contributed by atoms with Crippen molar-refractivity contribution in [3.63, 3.8) is 0 Å². The molecule has 1 unspecified atom stereocenters. The van der Waals surface area contributed by atoms with Gasteiger partial charge in [-0.15, -0.1) is 0 Å². The third-order valence-electron chi connectivity index (χ3n) is 6.25. The fraction of sp³-hybridized carbons (Fsp3) is 0.371. The van der Waals surface area contributed by atoms with E-state index in [9.17, 15) is 0 Å². The number of hydrogen-bond donors (Lipinski definition) is 0. The number of fused-ring (bicyclic) bond motifs is 1. The zero-order chi connectivity index (χ0) is 25.5. The second-order valence-electron chi connectivity index (χ2n) is 9.12. The summed E-state index contributed by atoms with van der Waals surface area (Å²) in [6, 6.07) is 25.6. The van der Waals surface area contributed by atoms with Crippen molar-refractivity contribution in [3.05, 3.63) is 124 Å². The third kappa shape index (κ3) is 12.2.